The molecule has 0 bridgehead atoms. The Kier molecular flexibility index (Phi) is 5.93. The van der Waals surface area contributed by atoms with Gasteiger partial charge in [-0.15, -0.1) is 0 Å². The van der Waals surface area contributed by atoms with Crippen LogP contribution in [0.5, 0.6) is 0 Å². The molecule has 8 nitrogen and oxygen atoms in total. The number of nitro groups is 1. The van der Waals surface area contributed by atoms with Crippen LogP contribution in [-0.2, 0) is 10.0 Å². The second-order valence-corrected chi connectivity index (χ2v) is 7.31. The van der Waals surface area contributed by atoms with Gasteiger partial charge in [-0.05, 0) is 31.5 Å². The van der Waals surface area contributed by atoms with Gasteiger partial charge in [-0.3, -0.25) is 19.6 Å². The van der Waals surface area contributed by atoms with Crippen molar-refractivity contribution in [2.75, 3.05) is 4.72 Å². The second kappa shape index (κ2) is 7.96. The maximum Gasteiger partial charge on any atom is 0.289 e. The van der Waals surface area contributed by atoms with E-state index < -0.39 is 31.4 Å². The van der Waals surface area contributed by atoms with Crippen molar-refractivity contribution in [3.8, 4) is 0 Å². The third-order valence-electron chi connectivity index (χ3n) is 3.76. The zero-order valence-electron chi connectivity index (χ0n) is 14.3. The Balaban J connectivity index is 2.40. The highest BCUT2D eigenvalue weighted by atomic mass is 32.2. The van der Waals surface area contributed by atoms with Gasteiger partial charge in [0.2, 0.25) is 0 Å². The molecule has 0 heterocycles. The van der Waals surface area contributed by atoms with E-state index in [1.165, 1.54) is 24.3 Å². The Morgan fingerprint density at radius 2 is 1.77 bits per heavy atom. The maximum absolute atomic E-state index is 12.6. The first kappa shape index (κ1) is 19.4. The van der Waals surface area contributed by atoms with Gasteiger partial charge >= 0.3 is 0 Å². The topological polar surface area (TPSA) is 118 Å². The van der Waals surface area contributed by atoms with Crippen molar-refractivity contribution in [3.05, 3.63) is 64.2 Å². The Hall–Kier alpha value is -2.94. The molecule has 2 N–H and O–H groups in total. The van der Waals surface area contributed by atoms with E-state index in [-0.39, 0.29) is 17.3 Å². The third kappa shape index (κ3) is 4.37. The molecule has 0 aliphatic heterocycles. The van der Waals surface area contributed by atoms with Crippen LogP contribution in [0.25, 0.3) is 0 Å². The van der Waals surface area contributed by atoms with E-state index in [2.05, 4.69) is 10.0 Å². The van der Waals surface area contributed by atoms with Crippen molar-refractivity contribution < 1.29 is 18.1 Å². The smallest absolute Gasteiger partial charge is 0.289 e. The number of nitro benzene ring substituents is 1. The van der Waals surface area contributed by atoms with E-state index in [4.69, 9.17) is 0 Å². The zero-order chi connectivity index (χ0) is 19.3. The summed E-state index contributed by atoms with van der Waals surface area (Å²) in [4.78, 5) is 22.2. The number of benzene rings is 2. The Morgan fingerprint density at radius 1 is 1.15 bits per heavy atom. The van der Waals surface area contributed by atoms with Crippen LogP contribution in [0.3, 0.4) is 0 Å². The summed E-state index contributed by atoms with van der Waals surface area (Å²) in [5.74, 6) is -0.430. The van der Waals surface area contributed by atoms with Crippen molar-refractivity contribution in [1.82, 2.24) is 5.32 Å². The molecule has 1 amide bonds. The highest BCUT2D eigenvalue weighted by Gasteiger charge is 2.26. The number of nitrogens with zero attached hydrogens (tertiary/aromatic N) is 1. The van der Waals surface area contributed by atoms with Crippen LogP contribution in [0, 0.1) is 10.1 Å². The number of anilines is 1. The fourth-order valence-corrected chi connectivity index (χ4v) is 3.46. The molecule has 26 heavy (non-hydrogen) atoms. The molecule has 0 saturated heterocycles. The monoisotopic (exact) mass is 377 g/mol. The summed E-state index contributed by atoms with van der Waals surface area (Å²) in [6.07, 6.45) is 0.718. The van der Waals surface area contributed by atoms with Gasteiger partial charge in [0.05, 0.1) is 16.2 Å². The lowest BCUT2D eigenvalue weighted by molar-refractivity contribution is -0.387. The van der Waals surface area contributed by atoms with Gasteiger partial charge in [0.15, 0.2) is 4.90 Å². The summed E-state index contributed by atoms with van der Waals surface area (Å²) >= 11 is 0. The van der Waals surface area contributed by atoms with Crippen molar-refractivity contribution in [2.45, 2.75) is 31.2 Å². The summed E-state index contributed by atoms with van der Waals surface area (Å²) in [5, 5.41) is 13.9. The fraction of sp³-hybridized carbons (Fsp3) is 0.235. The minimum absolute atomic E-state index is 0.0476. The van der Waals surface area contributed by atoms with E-state index >= 15 is 0 Å². The number of rotatable bonds is 7. The highest BCUT2D eigenvalue weighted by Crippen LogP contribution is 2.26. The van der Waals surface area contributed by atoms with Gasteiger partial charge in [-0.25, -0.2) is 8.42 Å². The molecule has 0 saturated carbocycles. The number of hydrogen-bond acceptors (Lipinski definition) is 5. The summed E-state index contributed by atoms with van der Waals surface area (Å²) in [6, 6.07) is 11.0. The lowest BCUT2D eigenvalue weighted by Crippen LogP contribution is -2.32. The molecule has 0 aromatic heterocycles. The number of carbonyl (C=O) groups is 1. The first-order chi connectivity index (χ1) is 12.3. The molecular formula is C17H19N3O5S. The van der Waals surface area contributed by atoms with Crippen molar-refractivity contribution >= 4 is 27.3 Å². The molecule has 0 aliphatic rings. The SMILES string of the molecule is CC[C@@H](C)NC(=O)c1ccccc1NS(=O)(=O)c1ccccc1[N+](=O)[O-]. The van der Waals surface area contributed by atoms with Crippen molar-refractivity contribution in [2.24, 2.45) is 0 Å². The standard InChI is InChI=1S/C17H19N3O5S/c1-3-12(2)18-17(21)13-8-4-5-9-14(13)19-26(24,25)16-11-7-6-10-15(16)20(22)23/h4-12,19H,3H2,1-2H3,(H,18,21)/t12-/m1/s1. The zero-order valence-corrected chi connectivity index (χ0v) is 15.1. The average Bonchev–Trinajstić information content (AvgIpc) is 2.61. The Morgan fingerprint density at radius 3 is 2.42 bits per heavy atom. The molecule has 138 valence electrons. The number of nitrogens with one attached hydrogen (secondary N) is 2. The first-order valence-electron chi connectivity index (χ1n) is 7.92. The molecular weight excluding hydrogens is 358 g/mol. The highest BCUT2D eigenvalue weighted by molar-refractivity contribution is 7.92. The minimum atomic E-state index is -4.25. The van der Waals surface area contributed by atoms with Gasteiger partial charge in [0.1, 0.15) is 0 Å². The Labute approximate surface area is 151 Å². The number of amides is 1. The molecule has 2 aromatic rings. The van der Waals surface area contributed by atoms with Crippen LogP contribution in [-0.4, -0.2) is 25.3 Å². The number of carbonyl (C=O) groups excluding carboxylic acids is 1. The van der Waals surface area contributed by atoms with E-state index in [9.17, 15) is 23.3 Å². The molecule has 0 fully saturated rings. The van der Waals surface area contributed by atoms with Gasteiger partial charge in [-0.2, -0.15) is 0 Å². The van der Waals surface area contributed by atoms with Crippen LogP contribution in [0.15, 0.2) is 53.4 Å². The van der Waals surface area contributed by atoms with Crippen molar-refractivity contribution in [3.63, 3.8) is 0 Å². The summed E-state index contributed by atoms with van der Waals surface area (Å²) in [5.41, 5.74) is -0.358. The molecule has 0 radical (unpaired) electrons. The molecule has 2 rings (SSSR count). The normalized spacial score (nSPS) is 12.2. The van der Waals surface area contributed by atoms with Crippen LogP contribution in [0.4, 0.5) is 11.4 Å². The van der Waals surface area contributed by atoms with Gasteiger partial charge in [0.25, 0.3) is 21.6 Å². The van der Waals surface area contributed by atoms with Gasteiger partial charge in [0, 0.05) is 12.1 Å². The van der Waals surface area contributed by atoms with Crippen LogP contribution >= 0.6 is 0 Å². The molecule has 9 heteroatoms. The predicted molar refractivity (Wildman–Crippen MR) is 97.6 cm³/mol. The number of hydrogen-bond donors (Lipinski definition) is 2. The van der Waals surface area contributed by atoms with Gasteiger partial charge < -0.3 is 5.32 Å². The first-order valence-corrected chi connectivity index (χ1v) is 9.40. The quantitative estimate of drug-likeness (QED) is 0.568. The van der Waals surface area contributed by atoms with Crippen LogP contribution < -0.4 is 10.0 Å². The average molecular weight is 377 g/mol. The van der Waals surface area contributed by atoms with Crippen LogP contribution in [0.1, 0.15) is 30.6 Å². The summed E-state index contributed by atoms with van der Waals surface area (Å²) in [7, 11) is -4.25. The Bertz CT molecular complexity index is 928. The molecule has 1 atom stereocenters. The number of sulfonamides is 1. The summed E-state index contributed by atoms with van der Waals surface area (Å²) in [6.45, 7) is 3.74. The molecule has 0 unspecified atom stereocenters. The van der Waals surface area contributed by atoms with Crippen molar-refractivity contribution in [1.29, 1.82) is 0 Å². The lowest BCUT2D eigenvalue weighted by atomic mass is 10.1. The van der Waals surface area contributed by atoms with E-state index in [0.717, 1.165) is 18.6 Å². The van der Waals surface area contributed by atoms with E-state index in [0.29, 0.717) is 0 Å². The maximum atomic E-state index is 12.6. The lowest BCUT2D eigenvalue weighted by Gasteiger charge is -2.15. The molecule has 2 aromatic carbocycles. The molecule has 0 aliphatic carbocycles. The molecule has 0 spiro atoms. The predicted octanol–water partition coefficient (Wildman–Crippen LogP) is 2.92. The number of para-hydroxylation sites is 2. The van der Waals surface area contributed by atoms with Gasteiger partial charge in [-0.1, -0.05) is 31.2 Å². The second-order valence-electron chi connectivity index (χ2n) is 5.66. The fourth-order valence-electron chi connectivity index (χ4n) is 2.21. The van der Waals surface area contributed by atoms with E-state index in [1.54, 1.807) is 12.1 Å². The summed E-state index contributed by atoms with van der Waals surface area (Å²) < 4.78 is 27.5. The third-order valence-corrected chi connectivity index (χ3v) is 5.17. The van der Waals surface area contributed by atoms with Crippen LogP contribution in [0.2, 0.25) is 0 Å². The largest absolute Gasteiger partial charge is 0.350 e. The minimum Gasteiger partial charge on any atom is -0.350 e. The van der Waals surface area contributed by atoms with E-state index in [1.807, 2.05) is 13.8 Å².